The number of aryl methyl sites for hydroxylation is 1. The highest BCUT2D eigenvalue weighted by molar-refractivity contribution is 7.97. The molecule has 106 valence electrons. The van der Waals surface area contributed by atoms with Crippen LogP contribution in [0, 0.1) is 6.92 Å². The first-order valence-electron chi connectivity index (χ1n) is 6.79. The molecule has 21 heavy (non-hydrogen) atoms. The molecule has 0 amide bonds. The number of nitrogens with zero attached hydrogens (tertiary/aromatic N) is 4. The molecule has 2 aromatic carbocycles. The Balaban J connectivity index is 1.66. The van der Waals surface area contributed by atoms with Gasteiger partial charge in [0.1, 0.15) is 0 Å². The Morgan fingerprint density at radius 3 is 2.67 bits per heavy atom. The molecular formula is C16H16N4S. The minimum Gasteiger partial charge on any atom is -0.196 e. The van der Waals surface area contributed by atoms with Gasteiger partial charge in [0.15, 0.2) is 5.82 Å². The second-order valence-corrected chi connectivity index (χ2v) is 5.81. The number of rotatable bonds is 5. The van der Waals surface area contributed by atoms with E-state index < -0.39 is 0 Å². The monoisotopic (exact) mass is 296 g/mol. The van der Waals surface area contributed by atoms with Crippen molar-refractivity contribution in [2.45, 2.75) is 18.4 Å². The predicted octanol–water partition coefficient (Wildman–Crippen LogP) is 3.40. The van der Waals surface area contributed by atoms with E-state index in [-0.39, 0.29) is 0 Å². The molecule has 0 saturated carbocycles. The standard InChI is InChI=1S/C16H16N4S/c1-13-6-5-7-14(10-13)11-21-12-16-17-18-19-20(16)15-8-3-2-4-9-15/h2-10H,11-12H2,1H3. The summed E-state index contributed by atoms with van der Waals surface area (Å²) in [6.45, 7) is 2.12. The number of aromatic nitrogens is 4. The van der Waals surface area contributed by atoms with Crippen molar-refractivity contribution < 1.29 is 0 Å². The van der Waals surface area contributed by atoms with Gasteiger partial charge in [0.2, 0.25) is 0 Å². The number of benzene rings is 2. The summed E-state index contributed by atoms with van der Waals surface area (Å²) in [5, 5.41) is 12.0. The minimum absolute atomic E-state index is 0.788. The molecule has 4 nitrogen and oxygen atoms in total. The van der Waals surface area contributed by atoms with Crippen molar-refractivity contribution in [3.05, 3.63) is 71.5 Å². The summed E-state index contributed by atoms with van der Waals surface area (Å²) in [5.74, 6) is 2.62. The summed E-state index contributed by atoms with van der Waals surface area (Å²) >= 11 is 1.82. The summed E-state index contributed by atoms with van der Waals surface area (Å²) in [4.78, 5) is 0. The second kappa shape index (κ2) is 6.54. The van der Waals surface area contributed by atoms with Gasteiger partial charge in [-0.3, -0.25) is 0 Å². The van der Waals surface area contributed by atoms with Gasteiger partial charge in [0.05, 0.1) is 11.4 Å². The molecular weight excluding hydrogens is 280 g/mol. The van der Waals surface area contributed by atoms with E-state index in [1.54, 1.807) is 4.68 Å². The van der Waals surface area contributed by atoms with Crippen LogP contribution in [0.15, 0.2) is 54.6 Å². The summed E-state index contributed by atoms with van der Waals surface area (Å²) in [6, 6.07) is 18.5. The maximum atomic E-state index is 4.12. The van der Waals surface area contributed by atoms with Crippen LogP contribution in [-0.2, 0) is 11.5 Å². The molecule has 1 heterocycles. The van der Waals surface area contributed by atoms with Crippen molar-refractivity contribution >= 4 is 11.8 Å². The van der Waals surface area contributed by atoms with Crippen LogP contribution in [0.2, 0.25) is 0 Å². The first kappa shape index (κ1) is 13.8. The molecule has 1 aromatic heterocycles. The lowest BCUT2D eigenvalue weighted by Gasteiger charge is -2.05. The quantitative estimate of drug-likeness (QED) is 0.724. The van der Waals surface area contributed by atoms with Crippen LogP contribution < -0.4 is 0 Å². The molecule has 0 aliphatic heterocycles. The van der Waals surface area contributed by atoms with E-state index in [4.69, 9.17) is 0 Å². The number of para-hydroxylation sites is 1. The minimum atomic E-state index is 0.788. The molecule has 3 rings (SSSR count). The molecule has 0 atom stereocenters. The topological polar surface area (TPSA) is 43.6 Å². The van der Waals surface area contributed by atoms with Crippen LogP contribution in [0.4, 0.5) is 0 Å². The van der Waals surface area contributed by atoms with E-state index >= 15 is 0 Å². The Morgan fingerprint density at radius 1 is 1.00 bits per heavy atom. The molecule has 3 aromatic rings. The molecule has 0 fully saturated rings. The molecule has 5 heteroatoms. The summed E-state index contributed by atoms with van der Waals surface area (Å²) in [6.07, 6.45) is 0. The molecule has 0 aliphatic carbocycles. The second-order valence-electron chi connectivity index (χ2n) is 4.82. The molecule has 0 saturated heterocycles. The van der Waals surface area contributed by atoms with Crippen LogP contribution in [0.1, 0.15) is 17.0 Å². The van der Waals surface area contributed by atoms with Crippen LogP contribution in [0.3, 0.4) is 0 Å². The number of thioether (sulfide) groups is 1. The molecule has 0 bridgehead atoms. The van der Waals surface area contributed by atoms with Gasteiger partial charge < -0.3 is 0 Å². The average molecular weight is 296 g/mol. The Bertz CT molecular complexity index is 709. The Kier molecular flexibility index (Phi) is 4.31. The predicted molar refractivity (Wildman–Crippen MR) is 85.3 cm³/mol. The maximum Gasteiger partial charge on any atom is 0.166 e. The lowest BCUT2D eigenvalue weighted by molar-refractivity contribution is 0.777. The SMILES string of the molecule is Cc1cccc(CSCc2nnnn2-c2ccccc2)c1. The van der Waals surface area contributed by atoms with E-state index in [1.165, 1.54) is 11.1 Å². The molecule has 0 radical (unpaired) electrons. The fourth-order valence-electron chi connectivity index (χ4n) is 2.13. The lowest BCUT2D eigenvalue weighted by Crippen LogP contribution is -2.01. The third kappa shape index (κ3) is 3.49. The highest BCUT2D eigenvalue weighted by atomic mass is 32.2. The van der Waals surface area contributed by atoms with Crippen LogP contribution >= 0.6 is 11.8 Å². The zero-order valence-corrected chi connectivity index (χ0v) is 12.6. The third-order valence-electron chi connectivity index (χ3n) is 3.12. The molecule has 0 aliphatic rings. The molecule has 0 unspecified atom stereocenters. The van der Waals surface area contributed by atoms with E-state index in [0.717, 1.165) is 23.0 Å². The van der Waals surface area contributed by atoms with E-state index in [1.807, 2.05) is 42.1 Å². The zero-order chi connectivity index (χ0) is 14.5. The molecule has 0 spiro atoms. The van der Waals surface area contributed by atoms with Crippen LogP contribution in [-0.4, -0.2) is 20.2 Å². The fraction of sp³-hybridized carbons (Fsp3) is 0.188. The van der Waals surface area contributed by atoms with Crippen LogP contribution in [0.25, 0.3) is 5.69 Å². The van der Waals surface area contributed by atoms with Crippen molar-refractivity contribution in [1.29, 1.82) is 0 Å². The van der Waals surface area contributed by atoms with Gasteiger partial charge in [0.25, 0.3) is 0 Å². The fourth-order valence-corrected chi connectivity index (χ4v) is 3.01. The third-order valence-corrected chi connectivity index (χ3v) is 4.12. The van der Waals surface area contributed by atoms with E-state index in [0.29, 0.717) is 0 Å². The summed E-state index contributed by atoms with van der Waals surface area (Å²) in [5.41, 5.74) is 3.62. The Labute approximate surface area is 128 Å². The van der Waals surface area contributed by atoms with Crippen molar-refractivity contribution in [2.24, 2.45) is 0 Å². The molecule has 0 N–H and O–H groups in total. The van der Waals surface area contributed by atoms with Gasteiger partial charge in [0, 0.05) is 5.75 Å². The maximum absolute atomic E-state index is 4.12. The largest absolute Gasteiger partial charge is 0.196 e. The highest BCUT2D eigenvalue weighted by Gasteiger charge is 2.07. The highest BCUT2D eigenvalue weighted by Crippen LogP contribution is 2.18. The average Bonchev–Trinajstić information content (AvgIpc) is 2.97. The Morgan fingerprint density at radius 2 is 1.86 bits per heavy atom. The first-order chi connectivity index (χ1) is 10.3. The van der Waals surface area contributed by atoms with Gasteiger partial charge in [-0.05, 0) is 35.0 Å². The zero-order valence-electron chi connectivity index (χ0n) is 11.8. The van der Waals surface area contributed by atoms with Crippen molar-refractivity contribution in [2.75, 3.05) is 0 Å². The van der Waals surface area contributed by atoms with Gasteiger partial charge in [-0.2, -0.15) is 4.68 Å². The van der Waals surface area contributed by atoms with Crippen molar-refractivity contribution in [3.8, 4) is 5.69 Å². The summed E-state index contributed by atoms with van der Waals surface area (Å²) in [7, 11) is 0. The van der Waals surface area contributed by atoms with Crippen molar-refractivity contribution in [1.82, 2.24) is 20.2 Å². The van der Waals surface area contributed by atoms with Gasteiger partial charge >= 0.3 is 0 Å². The van der Waals surface area contributed by atoms with E-state index in [2.05, 4.69) is 46.7 Å². The number of hydrogen-bond donors (Lipinski definition) is 0. The van der Waals surface area contributed by atoms with Crippen LogP contribution in [0.5, 0.6) is 0 Å². The summed E-state index contributed by atoms with van der Waals surface area (Å²) < 4.78 is 1.79. The van der Waals surface area contributed by atoms with Gasteiger partial charge in [-0.1, -0.05) is 48.0 Å². The number of tetrazole rings is 1. The van der Waals surface area contributed by atoms with Gasteiger partial charge in [-0.25, -0.2) is 0 Å². The number of hydrogen-bond acceptors (Lipinski definition) is 4. The van der Waals surface area contributed by atoms with Crippen molar-refractivity contribution in [3.63, 3.8) is 0 Å². The first-order valence-corrected chi connectivity index (χ1v) is 7.94. The van der Waals surface area contributed by atoms with Gasteiger partial charge in [-0.15, -0.1) is 16.9 Å². The lowest BCUT2D eigenvalue weighted by atomic mass is 10.2. The normalized spacial score (nSPS) is 10.7. The Hall–Kier alpha value is -2.14. The smallest absolute Gasteiger partial charge is 0.166 e. The van der Waals surface area contributed by atoms with E-state index in [9.17, 15) is 0 Å².